The Morgan fingerprint density at radius 3 is 2.92 bits per heavy atom. The van der Waals surface area contributed by atoms with Gasteiger partial charge in [0.25, 0.3) is 0 Å². The van der Waals surface area contributed by atoms with E-state index in [1.165, 1.54) is 5.01 Å². The highest BCUT2D eigenvalue weighted by Gasteiger charge is 2.14. The monoisotopic (exact) mass is 228 g/mol. The van der Waals surface area contributed by atoms with Crippen LogP contribution in [-0.2, 0) is 0 Å². The van der Waals surface area contributed by atoms with E-state index in [1.807, 2.05) is 6.92 Å². The maximum Gasteiger partial charge on any atom is 0.142 e. The second kappa shape index (κ2) is 3.58. The molecule has 0 spiro atoms. The second-order valence-corrected chi connectivity index (χ2v) is 3.12. The minimum atomic E-state index is 0.180. The molecule has 1 rings (SSSR count). The van der Waals surface area contributed by atoms with Gasteiger partial charge < -0.3 is 5.11 Å². The molecule has 0 unspecified atom stereocenters. The molecule has 0 aromatic carbocycles. The Labute approximate surface area is 79.5 Å². The topological polar surface area (TPSA) is 35.8 Å². The normalized spacial score (nSPS) is 20.5. The predicted octanol–water partition coefficient (Wildman–Crippen LogP) is 2.50. The molecule has 3 nitrogen and oxygen atoms in total. The highest BCUT2D eigenvalue weighted by atomic mass is 79.9. The molecule has 0 amide bonds. The summed E-state index contributed by atoms with van der Waals surface area (Å²) in [7, 11) is 0. The summed E-state index contributed by atoms with van der Waals surface area (Å²) in [6.45, 7) is 5.21. The van der Waals surface area contributed by atoms with Crippen LogP contribution < -0.4 is 0 Å². The third kappa shape index (κ3) is 1.58. The van der Waals surface area contributed by atoms with Gasteiger partial charge >= 0.3 is 0 Å². The molecule has 0 saturated heterocycles. The molecule has 1 heterocycles. The van der Waals surface area contributed by atoms with Crippen molar-refractivity contribution in [3.8, 4) is 0 Å². The summed E-state index contributed by atoms with van der Waals surface area (Å²) in [4.78, 5) is 0. The van der Waals surface area contributed by atoms with Gasteiger partial charge in [0.15, 0.2) is 0 Å². The SMILES string of the molecule is C=NN1C=C(Br)C=C(O)/C1=C/C. The Balaban J connectivity index is 3.07. The highest BCUT2D eigenvalue weighted by Crippen LogP contribution is 2.24. The maximum absolute atomic E-state index is 9.43. The van der Waals surface area contributed by atoms with Crippen LogP contribution in [0.3, 0.4) is 0 Å². The van der Waals surface area contributed by atoms with Gasteiger partial charge in [0.05, 0.1) is 0 Å². The molecule has 1 aliphatic heterocycles. The first-order chi connectivity index (χ1) is 5.69. The summed E-state index contributed by atoms with van der Waals surface area (Å²) in [5.41, 5.74) is 0.633. The fraction of sp³-hybridized carbons (Fsp3) is 0.125. The Hall–Kier alpha value is -1.03. The van der Waals surface area contributed by atoms with Crippen LogP contribution in [0.1, 0.15) is 6.92 Å². The van der Waals surface area contributed by atoms with Gasteiger partial charge in [0.1, 0.15) is 11.5 Å². The Kier molecular flexibility index (Phi) is 2.70. The van der Waals surface area contributed by atoms with Crippen LogP contribution in [0.15, 0.2) is 39.4 Å². The van der Waals surface area contributed by atoms with Gasteiger partial charge in [-0.25, -0.2) is 5.01 Å². The van der Waals surface area contributed by atoms with Crippen LogP contribution in [-0.4, -0.2) is 16.8 Å². The van der Waals surface area contributed by atoms with Crippen LogP contribution in [0, 0.1) is 0 Å². The number of hydrazone groups is 1. The van der Waals surface area contributed by atoms with E-state index in [-0.39, 0.29) is 5.76 Å². The summed E-state index contributed by atoms with van der Waals surface area (Å²) in [5, 5.41) is 14.6. The number of rotatable bonds is 1. The van der Waals surface area contributed by atoms with E-state index >= 15 is 0 Å². The van der Waals surface area contributed by atoms with Gasteiger partial charge in [-0.15, -0.1) is 0 Å². The zero-order valence-electron chi connectivity index (χ0n) is 6.66. The van der Waals surface area contributed by atoms with Crippen molar-refractivity contribution < 1.29 is 5.11 Å². The maximum atomic E-state index is 9.43. The van der Waals surface area contributed by atoms with Crippen molar-refractivity contribution in [2.45, 2.75) is 6.92 Å². The quantitative estimate of drug-likeness (QED) is 0.701. The minimum Gasteiger partial charge on any atom is -0.506 e. The average Bonchev–Trinajstić information content (AvgIpc) is 2.03. The summed E-state index contributed by atoms with van der Waals surface area (Å²) in [6.07, 6.45) is 5.09. The minimum absolute atomic E-state index is 0.180. The fourth-order valence-corrected chi connectivity index (χ4v) is 1.35. The Bertz CT molecular complexity index is 291. The smallest absolute Gasteiger partial charge is 0.142 e. The number of aliphatic hydroxyl groups excluding tert-OH is 1. The summed E-state index contributed by atoms with van der Waals surface area (Å²) < 4.78 is 0.762. The first-order valence-corrected chi connectivity index (χ1v) is 4.19. The predicted molar refractivity (Wildman–Crippen MR) is 52.9 cm³/mol. The molecule has 1 N–H and O–H groups in total. The lowest BCUT2D eigenvalue weighted by Crippen LogP contribution is -2.14. The third-order valence-corrected chi connectivity index (χ3v) is 1.89. The summed E-state index contributed by atoms with van der Waals surface area (Å²) in [6, 6.07) is 0. The number of halogens is 1. The molecule has 0 radical (unpaired) electrons. The van der Waals surface area contributed by atoms with Gasteiger partial charge in [-0.2, -0.15) is 5.10 Å². The molecule has 0 bridgehead atoms. The molecule has 12 heavy (non-hydrogen) atoms. The average molecular weight is 229 g/mol. The summed E-state index contributed by atoms with van der Waals surface area (Å²) >= 11 is 3.23. The lowest BCUT2D eigenvalue weighted by Gasteiger charge is -2.20. The van der Waals surface area contributed by atoms with Gasteiger partial charge in [-0.3, -0.25) is 0 Å². The van der Waals surface area contributed by atoms with Crippen LogP contribution in [0.5, 0.6) is 0 Å². The van der Waals surface area contributed by atoms with Crippen molar-refractivity contribution in [2.24, 2.45) is 5.10 Å². The third-order valence-electron chi connectivity index (χ3n) is 1.46. The lowest BCUT2D eigenvalue weighted by atomic mass is 10.2. The van der Waals surface area contributed by atoms with Crippen molar-refractivity contribution in [2.75, 3.05) is 0 Å². The number of nitrogens with zero attached hydrogens (tertiary/aromatic N) is 2. The lowest BCUT2D eigenvalue weighted by molar-refractivity contribution is 0.367. The van der Waals surface area contributed by atoms with Gasteiger partial charge in [-0.1, -0.05) is 6.08 Å². The molecule has 64 valence electrons. The van der Waals surface area contributed by atoms with Crippen LogP contribution in [0.4, 0.5) is 0 Å². The van der Waals surface area contributed by atoms with Crippen LogP contribution in [0.2, 0.25) is 0 Å². The first kappa shape index (κ1) is 9.06. The van der Waals surface area contributed by atoms with E-state index in [0.717, 1.165) is 4.48 Å². The van der Waals surface area contributed by atoms with Gasteiger partial charge in [0, 0.05) is 17.4 Å². The van der Waals surface area contributed by atoms with E-state index in [9.17, 15) is 5.11 Å². The van der Waals surface area contributed by atoms with Gasteiger partial charge in [0.2, 0.25) is 0 Å². The molecular formula is C8H9BrN2O. The largest absolute Gasteiger partial charge is 0.506 e. The zero-order valence-corrected chi connectivity index (χ0v) is 8.24. The number of hydrogen-bond acceptors (Lipinski definition) is 3. The summed E-state index contributed by atoms with van der Waals surface area (Å²) in [5.74, 6) is 0.180. The molecule has 1 aliphatic rings. The van der Waals surface area contributed by atoms with Crippen molar-refractivity contribution >= 4 is 22.6 Å². The number of aliphatic hydroxyl groups is 1. The molecule has 0 saturated carbocycles. The van der Waals surface area contributed by atoms with Crippen molar-refractivity contribution in [3.63, 3.8) is 0 Å². The first-order valence-electron chi connectivity index (χ1n) is 3.39. The Morgan fingerprint density at radius 2 is 2.42 bits per heavy atom. The molecule has 0 fully saturated rings. The van der Waals surface area contributed by atoms with Crippen LogP contribution >= 0.6 is 15.9 Å². The molecule has 0 aromatic rings. The molecule has 0 aromatic heterocycles. The fourth-order valence-electron chi connectivity index (χ4n) is 0.943. The van der Waals surface area contributed by atoms with E-state index in [2.05, 4.69) is 27.7 Å². The van der Waals surface area contributed by atoms with Crippen molar-refractivity contribution in [1.82, 2.24) is 5.01 Å². The second-order valence-electron chi connectivity index (χ2n) is 2.20. The highest BCUT2D eigenvalue weighted by molar-refractivity contribution is 9.11. The molecule has 0 atom stereocenters. The van der Waals surface area contributed by atoms with E-state index in [1.54, 1.807) is 18.4 Å². The van der Waals surface area contributed by atoms with Crippen molar-refractivity contribution in [3.05, 3.63) is 34.3 Å². The van der Waals surface area contributed by atoms with Gasteiger partial charge in [-0.05, 0) is 28.9 Å². The van der Waals surface area contributed by atoms with E-state index < -0.39 is 0 Å². The molecular weight excluding hydrogens is 220 g/mol. The standard InChI is InChI=1S/C8H9BrN2O/c1-3-7-8(12)4-6(9)5-11(7)10-2/h3-5,12H,2H2,1H3/b7-3-. The molecule has 4 heteroatoms. The number of hydrogen-bond donors (Lipinski definition) is 1. The van der Waals surface area contributed by atoms with E-state index in [0.29, 0.717) is 5.70 Å². The number of allylic oxidation sites excluding steroid dienone is 3. The van der Waals surface area contributed by atoms with Crippen molar-refractivity contribution in [1.29, 1.82) is 0 Å². The Morgan fingerprint density at radius 1 is 1.75 bits per heavy atom. The van der Waals surface area contributed by atoms with E-state index in [4.69, 9.17) is 0 Å². The zero-order chi connectivity index (χ0) is 9.14. The molecule has 0 aliphatic carbocycles. The van der Waals surface area contributed by atoms with Crippen LogP contribution in [0.25, 0.3) is 0 Å².